The van der Waals surface area contributed by atoms with Gasteiger partial charge in [0.05, 0.1) is 15.9 Å². The second-order valence-electron chi connectivity index (χ2n) is 4.58. The minimum absolute atomic E-state index is 0.474. The first-order valence-corrected chi connectivity index (χ1v) is 8.49. The Morgan fingerprint density at radius 1 is 1.33 bits per heavy atom. The molecule has 1 aromatic carbocycles. The lowest BCUT2D eigenvalue weighted by molar-refractivity contribution is 0.181. The summed E-state index contributed by atoms with van der Waals surface area (Å²) in [4.78, 5) is 9.29. The maximum atomic E-state index is 5.25. The standard InChI is InChI=1S/C15H17BrIN3O/c1-4-18-15-13(17)12(8-21-3)19-14(20-15)10-5-6-11(16)9(2)7-10/h5-7H,4,8H2,1-3H3,(H,18,19,20). The molecule has 112 valence electrons. The SMILES string of the molecule is CCNc1nc(-c2ccc(Br)c(C)c2)nc(COC)c1I. The maximum Gasteiger partial charge on any atom is 0.161 e. The predicted molar refractivity (Wildman–Crippen MR) is 97.5 cm³/mol. The third-order valence-corrected chi connectivity index (χ3v) is 4.98. The Morgan fingerprint density at radius 2 is 2.10 bits per heavy atom. The van der Waals surface area contributed by atoms with Crippen LogP contribution in [0, 0.1) is 10.5 Å². The minimum Gasteiger partial charge on any atom is -0.378 e. The summed E-state index contributed by atoms with van der Waals surface area (Å²) in [5, 5.41) is 3.29. The molecule has 0 aliphatic rings. The molecule has 0 atom stereocenters. The lowest BCUT2D eigenvalue weighted by atomic mass is 10.1. The molecule has 0 saturated carbocycles. The van der Waals surface area contributed by atoms with Gasteiger partial charge >= 0.3 is 0 Å². The number of rotatable bonds is 5. The van der Waals surface area contributed by atoms with Gasteiger partial charge in [0.25, 0.3) is 0 Å². The van der Waals surface area contributed by atoms with Crippen LogP contribution in [0.15, 0.2) is 22.7 Å². The molecule has 21 heavy (non-hydrogen) atoms. The fraction of sp³-hybridized carbons (Fsp3) is 0.333. The van der Waals surface area contributed by atoms with E-state index in [9.17, 15) is 0 Å². The zero-order valence-electron chi connectivity index (χ0n) is 12.2. The molecule has 0 unspecified atom stereocenters. The molecule has 2 rings (SSSR count). The van der Waals surface area contributed by atoms with Crippen LogP contribution in [0.25, 0.3) is 11.4 Å². The lowest BCUT2D eigenvalue weighted by Gasteiger charge is -2.12. The number of methoxy groups -OCH3 is 1. The number of hydrogen-bond acceptors (Lipinski definition) is 4. The van der Waals surface area contributed by atoms with Crippen molar-refractivity contribution in [3.63, 3.8) is 0 Å². The third-order valence-electron chi connectivity index (χ3n) is 2.96. The molecule has 0 amide bonds. The molecule has 4 nitrogen and oxygen atoms in total. The summed E-state index contributed by atoms with van der Waals surface area (Å²) in [5.74, 6) is 1.57. The molecule has 0 fully saturated rings. The number of nitrogens with zero attached hydrogens (tertiary/aromatic N) is 2. The lowest BCUT2D eigenvalue weighted by Crippen LogP contribution is -2.08. The van der Waals surface area contributed by atoms with Crippen LogP contribution in [0.4, 0.5) is 5.82 Å². The van der Waals surface area contributed by atoms with Gasteiger partial charge < -0.3 is 10.1 Å². The zero-order valence-corrected chi connectivity index (χ0v) is 15.9. The number of hydrogen-bond donors (Lipinski definition) is 1. The van der Waals surface area contributed by atoms with Gasteiger partial charge in [0.2, 0.25) is 0 Å². The largest absolute Gasteiger partial charge is 0.378 e. The van der Waals surface area contributed by atoms with E-state index in [-0.39, 0.29) is 0 Å². The van der Waals surface area contributed by atoms with Gasteiger partial charge in [-0.3, -0.25) is 0 Å². The molecular formula is C15H17BrIN3O. The summed E-state index contributed by atoms with van der Waals surface area (Å²) in [6.45, 7) is 5.40. The summed E-state index contributed by atoms with van der Waals surface area (Å²) < 4.78 is 7.34. The molecule has 1 N–H and O–H groups in total. The van der Waals surface area contributed by atoms with Crippen LogP contribution in [0.1, 0.15) is 18.2 Å². The first kappa shape index (κ1) is 16.6. The highest BCUT2D eigenvalue weighted by atomic mass is 127. The molecule has 0 radical (unpaired) electrons. The van der Waals surface area contributed by atoms with Crippen molar-refractivity contribution >= 4 is 44.3 Å². The van der Waals surface area contributed by atoms with E-state index < -0.39 is 0 Å². The van der Waals surface area contributed by atoms with E-state index in [1.165, 1.54) is 0 Å². The Bertz CT molecular complexity index is 622. The van der Waals surface area contributed by atoms with Gasteiger partial charge in [0, 0.05) is 23.7 Å². The molecule has 6 heteroatoms. The van der Waals surface area contributed by atoms with Gasteiger partial charge in [-0.1, -0.05) is 22.0 Å². The van der Waals surface area contributed by atoms with Crippen molar-refractivity contribution in [2.75, 3.05) is 19.0 Å². The second-order valence-corrected chi connectivity index (χ2v) is 6.52. The van der Waals surface area contributed by atoms with E-state index in [1.54, 1.807) is 7.11 Å². The van der Waals surface area contributed by atoms with Crippen molar-refractivity contribution < 1.29 is 4.74 Å². The van der Waals surface area contributed by atoms with Crippen LogP contribution in [0.2, 0.25) is 0 Å². The van der Waals surface area contributed by atoms with Gasteiger partial charge in [0.1, 0.15) is 5.82 Å². The molecule has 1 heterocycles. The number of halogens is 2. The Labute approximate surface area is 147 Å². The van der Waals surface area contributed by atoms with E-state index >= 15 is 0 Å². The number of nitrogens with one attached hydrogen (secondary N) is 1. The number of aryl methyl sites for hydroxylation is 1. The summed E-state index contributed by atoms with van der Waals surface area (Å²) in [5.41, 5.74) is 3.07. The summed E-state index contributed by atoms with van der Waals surface area (Å²) in [6.07, 6.45) is 0. The van der Waals surface area contributed by atoms with Crippen LogP contribution in [0.3, 0.4) is 0 Å². The fourth-order valence-corrected chi connectivity index (χ4v) is 2.76. The van der Waals surface area contributed by atoms with E-state index in [4.69, 9.17) is 4.74 Å². The second kappa shape index (κ2) is 7.51. The Kier molecular flexibility index (Phi) is 5.95. The van der Waals surface area contributed by atoms with E-state index in [0.717, 1.165) is 37.2 Å². The number of ether oxygens (including phenoxy) is 1. The van der Waals surface area contributed by atoms with Gasteiger partial charge in [-0.25, -0.2) is 9.97 Å². The Hall–Kier alpha value is -0.730. The van der Waals surface area contributed by atoms with Crippen LogP contribution in [-0.4, -0.2) is 23.6 Å². The molecule has 2 aromatic rings. The molecule has 0 saturated heterocycles. The Morgan fingerprint density at radius 3 is 2.71 bits per heavy atom. The highest BCUT2D eigenvalue weighted by molar-refractivity contribution is 14.1. The Balaban J connectivity index is 2.53. The highest BCUT2D eigenvalue weighted by Crippen LogP contribution is 2.27. The van der Waals surface area contributed by atoms with Crippen molar-refractivity contribution in [2.24, 2.45) is 0 Å². The minimum atomic E-state index is 0.474. The van der Waals surface area contributed by atoms with Gasteiger partial charge in [-0.2, -0.15) is 0 Å². The van der Waals surface area contributed by atoms with Gasteiger partial charge in [-0.05, 0) is 54.1 Å². The summed E-state index contributed by atoms with van der Waals surface area (Å²) >= 11 is 5.78. The highest BCUT2D eigenvalue weighted by Gasteiger charge is 2.13. The molecular weight excluding hydrogens is 445 g/mol. The molecule has 0 aliphatic carbocycles. The van der Waals surface area contributed by atoms with Gasteiger partial charge in [-0.15, -0.1) is 0 Å². The average molecular weight is 462 g/mol. The number of aromatic nitrogens is 2. The van der Waals surface area contributed by atoms with E-state index in [1.807, 2.05) is 12.1 Å². The summed E-state index contributed by atoms with van der Waals surface area (Å²) in [6, 6.07) is 6.12. The quantitative estimate of drug-likeness (QED) is 0.670. The number of benzene rings is 1. The van der Waals surface area contributed by atoms with Crippen molar-refractivity contribution in [1.29, 1.82) is 0 Å². The maximum absolute atomic E-state index is 5.25. The predicted octanol–water partition coefficient (Wildman–Crippen LogP) is 4.40. The topological polar surface area (TPSA) is 47.0 Å². The molecule has 0 bridgehead atoms. The molecule has 0 spiro atoms. The normalized spacial score (nSPS) is 10.7. The van der Waals surface area contributed by atoms with Crippen molar-refractivity contribution in [3.8, 4) is 11.4 Å². The van der Waals surface area contributed by atoms with Crippen LogP contribution < -0.4 is 5.32 Å². The summed E-state index contributed by atoms with van der Waals surface area (Å²) in [7, 11) is 1.68. The van der Waals surface area contributed by atoms with Crippen molar-refractivity contribution in [3.05, 3.63) is 37.5 Å². The zero-order chi connectivity index (χ0) is 15.4. The monoisotopic (exact) mass is 461 g/mol. The fourth-order valence-electron chi connectivity index (χ4n) is 1.92. The van der Waals surface area contributed by atoms with E-state index in [0.29, 0.717) is 12.4 Å². The van der Waals surface area contributed by atoms with E-state index in [2.05, 4.69) is 73.7 Å². The third kappa shape index (κ3) is 3.92. The first-order chi connectivity index (χ1) is 10.1. The van der Waals surface area contributed by atoms with Crippen LogP contribution in [0.5, 0.6) is 0 Å². The van der Waals surface area contributed by atoms with Crippen LogP contribution >= 0.6 is 38.5 Å². The average Bonchev–Trinajstić information content (AvgIpc) is 2.46. The number of anilines is 1. The van der Waals surface area contributed by atoms with Crippen molar-refractivity contribution in [1.82, 2.24) is 9.97 Å². The molecule has 1 aromatic heterocycles. The first-order valence-electron chi connectivity index (χ1n) is 6.62. The van der Waals surface area contributed by atoms with Crippen molar-refractivity contribution in [2.45, 2.75) is 20.5 Å². The smallest absolute Gasteiger partial charge is 0.161 e. The van der Waals surface area contributed by atoms with Crippen LogP contribution in [-0.2, 0) is 11.3 Å². The molecule has 0 aliphatic heterocycles. The van der Waals surface area contributed by atoms with Gasteiger partial charge in [0.15, 0.2) is 5.82 Å².